The van der Waals surface area contributed by atoms with Crippen LogP contribution in [0.4, 0.5) is 0 Å². The number of hydrogen-bond donors (Lipinski definition) is 11. The number of nitrogens with one attached hydrogen (secondary N) is 1. The Morgan fingerprint density at radius 3 is 2.10 bits per heavy atom. The molecule has 0 spiro atoms. The smallest absolute Gasteiger partial charge is 0.189 e. The summed E-state index contributed by atoms with van der Waals surface area (Å²) in [5.41, 5.74) is 24.5. The van der Waals surface area contributed by atoms with Crippen molar-refractivity contribution < 1.29 is 59.1 Å². The molecule has 17 nitrogen and oxygen atoms in total. The van der Waals surface area contributed by atoms with Crippen molar-refractivity contribution in [2.24, 2.45) is 22.9 Å². The summed E-state index contributed by atoms with van der Waals surface area (Å²) in [6, 6.07) is -3.91. The van der Waals surface area contributed by atoms with Gasteiger partial charge in [0.2, 0.25) is 0 Å². The van der Waals surface area contributed by atoms with Gasteiger partial charge in [-0.25, -0.2) is 0 Å². The standard InChI is InChI=1S/C23H45N5O12/c1-28-13-15(32)20-10(36-22(13)40-23-16(33)14(31)12(27)11(6-30)37-23)5-9(26)21(39-20)38-19-8(25)4-7(24)18(17(19)34)35-3-2-29/h7-23,28-34H,2-6,24-27H2,1H3/t7-,8+,9-,10?,11-,12-,13+,14+,15-,16-,17-,18+,19-,20?,21+,22-,23-/m1/s1. The van der Waals surface area contributed by atoms with Crippen LogP contribution < -0.4 is 28.3 Å². The lowest BCUT2D eigenvalue weighted by Crippen LogP contribution is -2.70. The molecule has 4 rings (SSSR count). The van der Waals surface area contributed by atoms with Crippen molar-refractivity contribution in [3.63, 3.8) is 0 Å². The van der Waals surface area contributed by atoms with Crippen LogP contribution in [0, 0.1) is 0 Å². The molecule has 3 heterocycles. The fourth-order valence-electron chi connectivity index (χ4n) is 5.85. The lowest BCUT2D eigenvalue weighted by atomic mass is 9.84. The minimum absolute atomic E-state index is 0.0197. The molecule has 1 saturated carbocycles. The molecule has 17 atom stereocenters. The quantitative estimate of drug-likeness (QED) is 0.120. The Balaban J connectivity index is 1.42. The van der Waals surface area contributed by atoms with Crippen molar-refractivity contribution in [2.45, 2.75) is 117 Å². The molecule has 17 heteroatoms. The fraction of sp³-hybridized carbons (Fsp3) is 1.00. The summed E-state index contributed by atoms with van der Waals surface area (Å²) in [5, 5.41) is 64.4. The van der Waals surface area contributed by atoms with Gasteiger partial charge in [-0.1, -0.05) is 0 Å². The van der Waals surface area contributed by atoms with E-state index in [0.29, 0.717) is 0 Å². The predicted octanol–water partition coefficient (Wildman–Crippen LogP) is -6.93. The third-order valence-corrected chi connectivity index (χ3v) is 8.12. The van der Waals surface area contributed by atoms with Gasteiger partial charge in [0.05, 0.1) is 44.1 Å². The third-order valence-electron chi connectivity index (χ3n) is 8.12. The molecule has 2 unspecified atom stereocenters. The van der Waals surface area contributed by atoms with Crippen molar-refractivity contribution >= 4 is 0 Å². The number of aliphatic hydroxyl groups excluding tert-OH is 6. The van der Waals surface area contributed by atoms with Crippen molar-refractivity contribution in [1.29, 1.82) is 0 Å². The predicted molar refractivity (Wildman–Crippen MR) is 134 cm³/mol. The molecule has 40 heavy (non-hydrogen) atoms. The van der Waals surface area contributed by atoms with Gasteiger partial charge in [-0.05, 0) is 19.9 Å². The average molecular weight is 584 g/mol. The van der Waals surface area contributed by atoms with Crippen molar-refractivity contribution in [2.75, 3.05) is 26.9 Å². The van der Waals surface area contributed by atoms with E-state index in [-0.39, 0.29) is 26.1 Å². The highest BCUT2D eigenvalue weighted by molar-refractivity contribution is 5.02. The maximum atomic E-state index is 11.2. The molecule has 0 radical (unpaired) electrons. The van der Waals surface area contributed by atoms with E-state index in [1.54, 1.807) is 7.05 Å². The molecule has 3 aliphatic heterocycles. The van der Waals surface area contributed by atoms with E-state index in [2.05, 4.69) is 5.32 Å². The third kappa shape index (κ3) is 6.46. The number of fused-ring (bicyclic) bond motifs is 1. The van der Waals surface area contributed by atoms with Crippen LogP contribution in [0.1, 0.15) is 12.8 Å². The Morgan fingerprint density at radius 1 is 0.750 bits per heavy atom. The molecule has 4 aliphatic rings. The Hall–Kier alpha value is -0.680. The molecule has 0 aromatic rings. The van der Waals surface area contributed by atoms with Crippen LogP contribution in [0.15, 0.2) is 0 Å². The molecule has 4 fully saturated rings. The minimum atomic E-state index is -1.54. The Bertz CT molecular complexity index is 803. The molecule has 234 valence electrons. The zero-order chi connectivity index (χ0) is 29.3. The number of nitrogens with two attached hydrogens (primary N) is 4. The molecular formula is C23H45N5O12. The normalized spacial score (nSPS) is 51.8. The van der Waals surface area contributed by atoms with Crippen molar-refractivity contribution in [1.82, 2.24) is 5.32 Å². The SMILES string of the molecule is CN[C@@H]1[C@@H](O[C@H]2O[C@H](CO)[C@@H](N)[C@H](O)[C@H]2O)OC2C[C@@H](N)[C@@H](O[C@H]3[C@H](O)[C@@H](OCCO)[C@H](N)C[C@@H]3N)OC2[C@@H]1O. The van der Waals surface area contributed by atoms with Gasteiger partial charge in [-0.2, -0.15) is 0 Å². The zero-order valence-electron chi connectivity index (χ0n) is 22.3. The van der Waals surface area contributed by atoms with Gasteiger partial charge in [0.15, 0.2) is 18.9 Å². The molecule has 3 saturated heterocycles. The first-order valence-corrected chi connectivity index (χ1v) is 13.5. The molecule has 1 aliphatic carbocycles. The maximum Gasteiger partial charge on any atom is 0.189 e. The highest BCUT2D eigenvalue weighted by atomic mass is 16.8. The topological polar surface area (TPSA) is 293 Å². The van der Waals surface area contributed by atoms with Crippen molar-refractivity contribution in [3.05, 3.63) is 0 Å². The lowest BCUT2D eigenvalue weighted by Gasteiger charge is -2.51. The van der Waals surface area contributed by atoms with Crippen molar-refractivity contribution in [3.8, 4) is 0 Å². The Morgan fingerprint density at radius 2 is 1.45 bits per heavy atom. The van der Waals surface area contributed by atoms with Gasteiger partial charge >= 0.3 is 0 Å². The molecule has 0 bridgehead atoms. The first-order chi connectivity index (χ1) is 19.0. The van der Waals surface area contributed by atoms with E-state index < -0.39 is 111 Å². The fourth-order valence-corrected chi connectivity index (χ4v) is 5.85. The van der Waals surface area contributed by atoms with Gasteiger partial charge < -0.3 is 87.3 Å². The van der Waals surface area contributed by atoms with Crippen LogP contribution in [0.5, 0.6) is 0 Å². The maximum absolute atomic E-state index is 11.2. The number of ether oxygens (including phenoxy) is 6. The van der Waals surface area contributed by atoms with Gasteiger partial charge in [-0.15, -0.1) is 0 Å². The van der Waals surface area contributed by atoms with Crippen LogP contribution >= 0.6 is 0 Å². The van der Waals surface area contributed by atoms with Gasteiger partial charge in [0.25, 0.3) is 0 Å². The van der Waals surface area contributed by atoms with Crippen LogP contribution in [0.2, 0.25) is 0 Å². The molecule has 0 aromatic carbocycles. The number of rotatable bonds is 9. The molecule has 15 N–H and O–H groups in total. The highest BCUT2D eigenvalue weighted by Crippen LogP contribution is 2.35. The first-order valence-electron chi connectivity index (χ1n) is 13.5. The largest absolute Gasteiger partial charge is 0.394 e. The van der Waals surface area contributed by atoms with Crippen LogP contribution in [0.3, 0.4) is 0 Å². The van der Waals surface area contributed by atoms with E-state index in [1.807, 2.05) is 0 Å². The second-order valence-electron chi connectivity index (χ2n) is 10.9. The van der Waals surface area contributed by atoms with E-state index in [1.165, 1.54) is 0 Å². The summed E-state index contributed by atoms with van der Waals surface area (Å²) in [7, 11) is 1.56. The Labute approximate surface area is 231 Å². The summed E-state index contributed by atoms with van der Waals surface area (Å²) in [5.74, 6) is 0. The first kappa shape index (κ1) is 32.2. The average Bonchev–Trinajstić information content (AvgIpc) is 2.91. The van der Waals surface area contributed by atoms with Gasteiger partial charge in [0.1, 0.15) is 48.8 Å². The summed E-state index contributed by atoms with van der Waals surface area (Å²) >= 11 is 0. The van der Waals surface area contributed by atoms with E-state index in [0.717, 1.165) is 0 Å². The Kier molecular flexibility index (Phi) is 11.1. The van der Waals surface area contributed by atoms with Crippen LogP contribution in [-0.2, 0) is 28.4 Å². The number of likely N-dealkylation sites (N-methyl/N-ethyl adjacent to an activating group) is 1. The highest BCUT2D eigenvalue weighted by Gasteiger charge is 2.54. The van der Waals surface area contributed by atoms with Gasteiger partial charge in [0, 0.05) is 12.1 Å². The summed E-state index contributed by atoms with van der Waals surface area (Å²) < 4.78 is 35.0. The summed E-state index contributed by atoms with van der Waals surface area (Å²) in [4.78, 5) is 0. The molecule has 0 aromatic heterocycles. The van der Waals surface area contributed by atoms with E-state index in [9.17, 15) is 25.5 Å². The summed E-state index contributed by atoms with van der Waals surface area (Å²) in [6.07, 6.45) is -13.1. The number of aliphatic hydroxyl groups is 6. The molecular weight excluding hydrogens is 538 g/mol. The van der Waals surface area contributed by atoms with Gasteiger partial charge in [-0.3, -0.25) is 0 Å². The van der Waals surface area contributed by atoms with Crippen LogP contribution in [-0.4, -0.2) is 162 Å². The zero-order valence-corrected chi connectivity index (χ0v) is 22.3. The second kappa shape index (κ2) is 13.7. The van der Waals surface area contributed by atoms with Crippen LogP contribution in [0.25, 0.3) is 0 Å². The minimum Gasteiger partial charge on any atom is -0.394 e. The second-order valence-corrected chi connectivity index (χ2v) is 10.9. The molecule has 0 amide bonds. The van der Waals surface area contributed by atoms with E-state index >= 15 is 0 Å². The lowest BCUT2D eigenvalue weighted by molar-refractivity contribution is -0.373. The summed E-state index contributed by atoms with van der Waals surface area (Å²) in [6.45, 7) is -0.777. The number of hydrogen-bond acceptors (Lipinski definition) is 17. The van der Waals surface area contributed by atoms with E-state index in [4.69, 9.17) is 56.5 Å². The monoisotopic (exact) mass is 583 g/mol.